The summed E-state index contributed by atoms with van der Waals surface area (Å²) in [5, 5.41) is 24.6. The Morgan fingerprint density at radius 2 is 1.27 bits per heavy atom. The van der Waals surface area contributed by atoms with E-state index in [1.807, 2.05) is 37.3 Å². The number of aryl methyl sites for hydroxylation is 3. The zero-order valence-corrected chi connectivity index (χ0v) is 43.5. The minimum atomic E-state index is -0.849. The molecule has 10 aromatic rings. The van der Waals surface area contributed by atoms with Crippen molar-refractivity contribution < 1.29 is 41.3 Å². The van der Waals surface area contributed by atoms with Crippen LogP contribution in [0.1, 0.15) is 101 Å². The third-order valence-electron chi connectivity index (χ3n) is 15.1. The van der Waals surface area contributed by atoms with Crippen LogP contribution in [0.25, 0.3) is 55.8 Å². The summed E-state index contributed by atoms with van der Waals surface area (Å²) < 4.78 is 71.2. The summed E-state index contributed by atoms with van der Waals surface area (Å²) in [4.78, 5) is 60.7. The number of hydrogen-bond donors (Lipinski definition) is 4. The molecule has 2 aliphatic rings. The van der Waals surface area contributed by atoms with Gasteiger partial charge in [-0.25, -0.2) is 22.2 Å². The van der Waals surface area contributed by atoms with Gasteiger partial charge in [0.1, 0.15) is 34.1 Å². The highest BCUT2D eigenvalue weighted by Crippen LogP contribution is 2.47. The van der Waals surface area contributed by atoms with Crippen LogP contribution in [0.2, 0.25) is 0 Å². The molecule has 80 heavy (non-hydrogen) atoms. The van der Waals surface area contributed by atoms with E-state index >= 15 is 13.2 Å². The lowest BCUT2D eigenvalue weighted by Crippen LogP contribution is -2.35. The Hall–Kier alpha value is -9.78. The first-order chi connectivity index (χ1) is 38.5. The number of hydrogen-bond acceptors (Lipinski definition) is 9. The van der Waals surface area contributed by atoms with Gasteiger partial charge in [0.25, 0.3) is 29.5 Å². The summed E-state index contributed by atoms with van der Waals surface area (Å²) >= 11 is 0. The second-order valence-corrected chi connectivity index (χ2v) is 20.4. The van der Waals surface area contributed by atoms with Crippen molar-refractivity contribution in [2.24, 2.45) is 0 Å². The van der Waals surface area contributed by atoms with Gasteiger partial charge in [-0.2, -0.15) is 19.6 Å². The van der Waals surface area contributed by atoms with Gasteiger partial charge >= 0.3 is 0 Å². The van der Waals surface area contributed by atoms with E-state index in [1.54, 1.807) is 56.3 Å². The second-order valence-electron chi connectivity index (χ2n) is 20.4. The van der Waals surface area contributed by atoms with Gasteiger partial charge in [0.15, 0.2) is 11.6 Å². The zero-order chi connectivity index (χ0) is 55.8. The third kappa shape index (κ3) is 9.08. The summed E-state index contributed by atoms with van der Waals surface area (Å²) in [5.41, 5.74) is 2.88. The van der Waals surface area contributed by atoms with Crippen molar-refractivity contribution in [3.8, 4) is 44.8 Å². The molecular weight excluding hydrogens is 1030 g/mol. The SMILES string of the molecule is CNC(=O)c1c(-c2ccc(F)cc2CNC(=O)c2c(-c3ccc(F)cc3)nn3c(F)cc(-c4cc(C(=O)NC5(c6ccccc6)CC5)ccc4C)cc23)nn2ccc(-c3cc(C(=O)NC4(c5nc(C)no5)CC4)ccc3C)c(F)c12. The van der Waals surface area contributed by atoms with Crippen LogP contribution < -0.4 is 21.3 Å². The molecular formula is C61H48F4N10O5. The van der Waals surface area contributed by atoms with Gasteiger partial charge in [-0.05, 0) is 164 Å². The maximum atomic E-state index is 17.4. The molecule has 15 nitrogen and oxygen atoms in total. The Labute approximate surface area is 454 Å². The van der Waals surface area contributed by atoms with Crippen LogP contribution >= 0.6 is 0 Å². The molecule has 0 atom stereocenters. The fourth-order valence-corrected chi connectivity index (χ4v) is 10.4. The number of rotatable bonds is 14. The molecule has 0 unspecified atom stereocenters. The predicted octanol–water partition coefficient (Wildman–Crippen LogP) is 10.6. The normalized spacial score (nSPS) is 14.0. The number of nitrogens with zero attached hydrogens (tertiary/aromatic N) is 6. The van der Waals surface area contributed by atoms with E-state index in [4.69, 9.17) is 4.52 Å². The number of halogens is 4. The van der Waals surface area contributed by atoms with Crippen molar-refractivity contribution in [3.63, 3.8) is 0 Å². The highest BCUT2D eigenvalue weighted by Gasteiger charge is 2.51. The Bertz CT molecular complexity index is 4200. The fraction of sp³-hybridized carbons (Fsp3) is 0.180. The first-order valence-corrected chi connectivity index (χ1v) is 25.8. The van der Waals surface area contributed by atoms with Crippen molar-refractivity contribution >= 4 is 34.7 Å². The van der Waals surface area contributed by atoms with Crippen molar-refractivity contribution in [2.45, 2.75) is 64.1 Å². The van der Waals surface area contributed by atoms with Gasteiger partial charge in [0.2, 0.25) is 5.95 Å². The quantitative estimate of drug-likeness (QED) is 0.0606. The Morgan fingerprint density at radius 3 is 1.94 bits per heavy atom. The van der Waals surface area contributed by atoms with E-state index in [1.165, 1.54) is 60.2 Å². The average molecular weight is 1080 g/mol. The standard InChI is InChI=1S/C61H48F4N10O5/c1-32-10-12-36(55(76)69-60(21-22-60)40-8-6-5-7-9-40)27-45(32)38-29-47-49(52(72-75(47)48(64)30-38)35-14-16-41(62)17-15-35)58(79)67-31-39-26-42(63)18-19-43(39)53-50(57(78)66-4)54-51(65)44(20-25-74(54)71-53)46-28-37(13-11-33(46)2)56(77)70-61(23-24-61)59-68-34(3)73-80-59/h5-20,25-30H,21-24,31H2,1-4H3,(H,66,78)(H,67,79)(H,69,76)(H,70,77). The van der Waals surface area contributed by atoms with Gasteiger partial charge in [-0.3, -0.25) is 19.2 Å². The van der Waals surface area contributed by atoms with Crippen LogP contribution in [0.15, 0.2) is 138 Å². The number of carbonyl (C=O) groups excluding carboxylic acids is 4. The van der Waals surface area contributed by atoms with E-state index in [9.17, 15) is 23.6 Å². The maximum absolute atomic E-state index is 17.4. The largest absolute Gasteiger partial charge is 0.355 e. The molecule has 0 aliphatic heterocycles. The number of benzene rings is 5. The van der Waals surface area contributed by atoms with Crippen LogP contribution in [0, 0.1) is 44.2 Å². The van der Waals surface area contributed by atoms with Crippen molar-refractivity contribution in [2.75, 3.05) is 7.05 Å². The Morgan fingerprint density at radius 1 is 0.613 bits per heavy atom. The van der Waals surface area contributed by atoms with Gasteiger partial charge < -0.3 is 25.8 Å². The van der Waals surface area contributed by atoms with Crippen LogP contribution in [-0.4, -0.2) is 60.0 Å². The molecule has 5 heterocycles. The molecule has 5 aromatic carbocycles. The molecule has 4 N–H and O–H groups in total. The summed E-state index contributed by atoms with van der Waals surface area (Å²) in [7, 11) is 1.37. The van der Waals surface area contributed by atoms with Gasteiger partial charge in [-0.15, -0.1) is 0 Å². The second kappa shape index (κ2) is 19.6. The molecule has 4 amide bonds. The molecule has 12 rings (SSSR count). The summed E-state index contributed by atoms with van der Waals surface area (Å²) in [6.07, 6.45) is 4.21. The number of pyridine rings is 2. The number of carbonyl (C=O) groups is 4. The maximum Gasteiger partial charge on any atom is 0.256 e. The number of nitrogens with one attached hydrogen (secondary N) is 4. The minimum absolute atomic E-state index is 0.000854. The van der Waals surface area contributed by atoms with E-state index in [2.05, 4.69) is 41.6 Å². The molecule has 0 radical (unpaired) electrons. The first kappa shape index (κ1) is 51.0. The van der Waals surface area contributed by atoms with E-state index in [0.29, 0.717) is 57.9 Å². The number of aromatic nitrogens is 6. The summed E-state index contributed by atoms with van der Waals surface area (Å²) in [6, 6.07) is 32.8. The molecule has 0 spiro atoms. The van der Waals surface area contributed by atoms with Crippen LogP contribution in [0.5, 0.6) is 0 Å². The molecule has 5 aromatic heterocycles. The summed E-state index contributed by atoms with van der Waals surface area (Å²) in [6.45, 7) is 4.86. The van der Waals surface area contributed by atoms with E-state index in [0.717, 1.165) is 35.1 Å². The van der Waals surface area contributed by atoms with Gasteiger partial charge in [-0.1, -0.05) is 47.6 Å². The Kier molecular flexibility index (Phi) is 12.5. The van der Waals surface area contributed by atoms with Crippen LogP contribution in [-0.2, 0) is 17.6 Å². The van der Waals surface area contributed by atoms with Crippen molar-refractivity contribution in [3.05, 3.63) is 213 Å². The van der Waals surface area contributed by atoms with Crippen molar-refractivity contribution in [1.29, 1.82) is 0 Å². The number of amides is 4. The topological polar surface area (TPSA) is 190 Å². The van der Waals surface area contributed by atoms with E-state index < -0.39 is 58.7 Å². The molecule has 2 fully saturated rings. The predicted molar refractivity (Wildman–Crippen MR) is 288 cm³/mol. The fourth-order valence-electron chi connectivity index (χ4n) is 10.4. The Balaban J connectivity index is 0.886. The lowest BCUT2D eigenvalue weighted by molar-refractivity contribution is 0.0915. The highest BCUT2D eigenvalue weighted by atomic mass is 19.1. The highest BCUT2D eigenvalue weighted by molar-refractivity contribution is 6.09. The van der Waals surface area contributed by atoms with Crippen molar-refractivity contribution in [1.82, 2.24) is 50.6 Å². The lowest BCUT2D eigenvalue weighted by Gasteiger charge is -2.18. The third-order valence-corrected chi connectivity index (χ3v) is 15.1. The molecule has 2 aliphatic carbocycles. The molecule has 400 valence electrons. The summed E-state index contributed by atoms with van der Waals surface area (Å²) in [5.74, 6) is -4.48. The smallest absolute Gasteiger partial charge is 0.256 e. The molecule has 2 saturated carbocycles. The average Bonchev–Trinajstić information content (AvgIpc) is 4.38. The monoisotopic (exact) mass is 1080 g/mol. The molecule has 0 saturated heterocycles. The molecule has 0 bridgehead atoms. The lowest BCUT2D eigenvalue weighted by atomic mass is 9.96. The van der Waals surface area contributed by atoms with E-state index in [-0.39, 0.29) is 67.3 Å². The van der Waals surface area contributed by atoms with Gasteiger partial charge in [0, 0.05) is 53.7 Å². The van der Waals surface area contributed by atoms with Gasteiger partial charge in [0.05, 0.1) is 22.2 Å². The van der Waals surface area contributed by atoms with Crippen LogP contribution in [0.4, 0.5) is 17.6 Å². The van der Waals surface area contributed by atoms with Crippen LogP contribution in [0.3, 0.4) is 0 Å². The zero-order valence-electron chi connectivity index (χ0n) is 43.5. The first-order valence-electron chi connectivity index (χ1n) is 25.8. The minimum Gasteiger partial charge on any atom is -0.355 e. The molecule has 19 heteroatoms. The number of fused-ring (bicyclic) bond motifs is 2.